The molecule has 0 aliphatic rings. The van der Waals surface area contributed by atoms with E-state index >= 15 is 0 Å². The number of anilines is 4. The van der Waals surface area contributed by atoms with E-state index in [4.69, 9.17) is 27.9 Å². The molecule has 0 radical (unpaired) electrons. The maximum atomic E-state index is 6.16. The zero-order valence-electron chi connectivity index (χ0n) is 13.5. The summed E-state index contributed by atoms with van der Waals surface area (Å²) in [5, 5.41) is 15.1. The molecule has 0 saturated carbocycles. The molecule has 0 aliphatic carbocycles. The molecule has 0 spiro atoms. The highest BCUT2D eigenvalue weighted by Gasteiger charge is 2.09. The van der Waals surface area contributed by atoms with Crippen molar-refractivity contribution in [3.05, 3.63) is 58.2 Å². The van der Waals surface area contributed by atoms with E-state index in [9.17, 15) is 0 Å². The first-order chi connectivity index (χ1) is 12.1. The van der Waals surface area contributed by atoms with Gasteiger partial charge < -0.3 is 15.4 Å². The molecule has 128 valence electrons. The van der Waals surface area contributed by atoms with Crippen LogP contribution in [0, 0.1) is 6.92 Å². The van der Waals surface area contributed by atoms with Gasteiger partial charge in [0.25, 0.3) is 0 Å². The number of methoxy groups -OCH3 is 1. The molecule has 1 aromatic heterocycles. The van der Waals surface area contributed by atoms with Crippen LogP contribution in [-0.4, -0.2) is 22.3 Å². The zero-order valence-corrected chi connectivity index (χ0v) is 15.1. The van der Waals surface area contributed by atoms with Gasteiger partial charge in [0, 0.05) is 0 Å². The number of rotatable bonds is 5. The van der Waals surface area contributed by atoms with Crippen LogP contribution in [0.3, 0.4) is 0 Å². The highest BCUT2D eigenvalue weighted by molar-refractivity contribution is 6.39. The van der Waals surface area contributed by atoms with Crippen molar-refractivity contribution in [2.75, 3.05) is 17.7 Å². The number of benzene rings is 2. The Balaban J connectivity index is 1.86. The number of nitrogens with zero attached hydrogens (tertiary/aromatic N) is 3. The van der Waals surface area contributed by atoms with Gasteiger partial charge in [0.2, 0.25) is 5.95 Å². The lowest BCUT2D eigenvalue weighted by molar-refractivity contribution is 0.416. The van der Waals surface area contributed by atoms with Gasteiger partial charge in [-0.15, -0.1) is 5.10 Å². The summed E-state index contributed by atoms with van der Waals surface area (Å²) in [6, 6.07) is 11.0. The third-order valence-electron chi connectivity index (χ3n) is 3.38. The Hall–Kier alpha value is -2.57. The Morgan fingerprint density at radius 2 is 1.80 bits per heavy atom. The summed E-state index contributed by atoms with van der Waals surface area (Å²) < 4.78 is 5.34. The van der Waals surface area contributed by atoms with E-state index in [1.807, 2.05) is 25.1 Å². The average Bonchev–Trinajstić information content (AvgIpc) is 2.59. The van der Waals surface area contributed by atoms with E-state index in [0.717, 1.165) is 11.3 Å². The van der Waals surface area contributed by atoms with E-state index in [1.165, 1.54) is 6.20 Å². The van der Waals surface area contributed by atoms with Crippen molar-refractivity contribution in [1.29, 1.82) is 0 Å². The molecule has 0 fully saturated rings. The van der Waals surface area contributed by atoms with Gasteiger partial charge in [0.15, 0.2) is 5.82 Å². The summed E-state index contributed by atoms with van der Waals surface area (Å²) in [4.78, 5) is 4.38. The van der Waals surface area contributed by atoms with Crippen molar-refractivity contribution < 1.29 is 4.74 Å². The zero-order chi connectivity index (χ0) is 17.8. The third-order valence-corrected chi connectivity index (χ3v) is 4.01. The molecule has 0 atom stereocenters. The molecule has 0 bridgehead atoms. The summed E-state index contributed by atoms with van der Waals surface area (Å²) >= 11 is 12.3. The predicted octanol–water partition coefficient (Wildman–Crippen LogP) is 4.98. The van der Waals surface area contributed by atoms with Crippen molar-refractivity contribution in [2.24, 2.45) is 0 Å². The van der Waals surface area contributed by atoms with Crippen LogP contribution >= 0.6 is 23.2 Å². The van der Waals surface area contributed by atoms with Crippen molar-refractivity contribution in [3.63, 3.8) is 0 Å². The Kier molecular flexibility index (Phi) is 5.21. The molecule has 6 nitrogen and oxygen atoms in total. The average molecular weight is 376 g/mol. The van der Waals surface area contributed by atoms with Crippen LogP contribution < -0.4 is 15.4 Å². The van der Waals surface area contributed by atoms with E-state index < -0.39 is 0 Å². The normalized spacial score (nSPS) is 10.4. The number of nitrogens with one attached hydrogen (secondary N) is 2. The topological polar surface area (TPSA) is 72.0 Å². The highest BCUT2D eigenvalue weighted by Crippen LogP contribution is 2.32. The third kappa shape index (κ3) is 4.10. The second-order valence-electron chi connectivity index (χ2n) is 5.22. The quantitative estimate of drug-likeness (QED) is 0.654. The molecule has 8 heteroatoms. The smallest absolute Gasteiger partial charge is 0.249 e. The maximum absolute atomic E-state index is 6.16. The lowest BCUT2D eigenvalue weighted by atomic mass is 10.2. The molecule has 0 amide bonds. The molecule has 0 saturated heterocycles. The summed E-state index contributed by atoms with van der Waals surface area (Å²) in [6.07, 6.45) is 1.48. The largest absolute Gasteiger partial charge is 0.495 e. The minimum atomic E-state index is 0.317. The first kappa shape index (κ1) is 17.3. The highest BCUT2D eigenvalue weighted by atomic mass is 35.5. The molecular weight excluding hydrogens is 361 g/mol. The van der Waals surface area contributed by atoms with Gasteiger partial charge in [-0.1, -0.05) is 35.3 Å². The Morgan fingerprint density at radius 1 is 1.04 bits per heavy atom. The van der Waals surface area contributed by atoms with Crippen molar-refractivity contribution in [3.8, 4) is 5.75 Å². The number of aryl methyl sites for hydroxylation is 1. The second-order valence-corrected chi connectivity index (χ2v) is 6.03. The van der Waals surface area contributed by atoms with Gasteiger partial charge in [-0.2, -0.15) is 10.1 Å². The van der Waals surface area contributed by atoms with E-state index in [2.05, 4.69) is 25.8 Å². The van der Waals surface area contributed by atoms with Gasteiger partial charge in [-0.05, 0) is 36.8 Å². The number of ether oxygens (including phenoxy) is 1. The number of hydrogen-bond acceptors (Lipinski definition) is 6. The van der Waals surface area contributed by atoms with Crippen molar-refractivity contribution in [1.82, 2.24) is 15.2 Å². The van der Waals surface area contributed by atoms with Gasteiger partial charge in [0.05, 0.1) is 34.7 Å². The standard InChI is InChI=1S/C17H15Cl2N5O/c1-10-6-7-14(25-2)13(8-10)21-17-23-15(9-20-24-17)22-16-11(18)4-3-5-12(16)19/h3-9H,1-2H3,(H2,21,22,23,24). The van der Waals surface area contributed by atoms with Crippen LogP contribution in [0.15, 0.2) is 42.6 Å². The Bertz CT molecular complexity index is 884. The lowest BCUT2D eigenvalue weighted by Crippen LogP contribution is -2.04. The van der Waals surface area contributed by atoms with Crippen LogP contribution in [-0.2, 0) is 0 Å². The van der Waals surface area contributed by atoms with Gasteiger partial charge >= 0.3 is 0 Å². The van der Waals surface area contributed by atoms with E-state index in [0.29, 0.717) is 33.2 Å². The fourth-order valence-electron chi connectivity index (χ4n) is 2.20. The van der Waals surface area contributed by atoms with Gasteiger partial charge in [0.1, 0.15) is 5.75 Å². The molecule has 2 aromatic carbocycles. The van der Waals surface area contributed by atoms with Crippen LogP contribution in [0.25, 0.3) is 0 Å². The molecule has 0 unspecified atom stereocenters. The Morgan fingerprint density at radius 3 is 2.52 bits per heavy atom. The molecule has 0 aliphatic heterocycles. The maximum Gasteiger partial charge on any atom is 0.249 e. The predicted molar refractivity (Wildman–Crippen MR) is 101 cm³/mol. The monoisotopic (exact) mass is 375 g/mol. The van der Waals surface area contributed by atoms with Gasteiger partial charge in [-0.25, -0.2) is 0 Å². The van der Waals surface area contributed by atoms with Crippen LogP contribution in [0.2, 0.25) is 10.0 Å². The molecular formula is C17H15Cl2N5O. The molecule has 2 N–H and O–H groups in total. The summed E-state index contributed by atoms with van der Waals surface area (Å²) in [6.45, 7) is 1.99. The van der Waals surface area contributed by atoms with Crippen molar-refractivity contribution in [2.45, 2.75) is 6.92 Å². The van der Waals surface area contributed by atoms with Crippen molar-refractivity contribution >= 4 is 46.3 Å². The van der Waals surface area contributed by atoms with Crippen LogP contribution in [0.5, 0.6) is 5.75 Å². The SMILES string of the molecule is COc1ccc(C)cc1Nc1nncc(Nc2c(Cl)cccc2Cl)n1. The summed E-state index contributed by atoms with van der Waals surface area (Å²) in [5.41, 5.74) is 2.39. The molecule has 1 heterocycles. The fraction of sp³-hybridized carbons (Fsp3) is 0.118. The number of aromatic nitrogens is 3. The first-order valence-corrected chi connectivity index (χ1v) is 8.15. The molecule has 25 heavy (non-hydrogen) atoms. The number of para-hydroxylation sites is 1. The number of hydrogen-bond donors (Lipinski definition) is 2. The second kappa shape index (κ2) is 7.55. The van der Waals surface area contributed by atoms with Crippen LogP contribution in [0.1, 0.15) is 5.56 Å². The van der Waals surface area contributed by atoms with Crippen LogP contribution in [0.4, 0.5) is 23.1 Å². The van der Waals surface area contributed by atoms with Gasteiger partial charge in [-0.3, -0.25) is 0 Å². The lowest BCUT2D eigenvalue weighted by Gasteiger charge is -2.12. The summed E-state index contributed by atoms with van der Waals surface area (Å²) in [5.74, 6) is 1.46. The van der Waals surface area contributed by atoms with E-state index in [1.54, 1.807) is 25.3 Å². The first-order valence-electron chi connectivity index (χ1n) is 7.39. The Labute approximate surface area is 155 Å². The molecule has 3 aromatic rings. The number of halogens is 2. The summed E-state index contributed by atoms with van der Waals surface area (Å²) in [7, 11) is 1.60. The fourth-order valence-corrected chi connectivity index (χ4v) is 2.69. The minimum Gasteiger partial charge on any atom is -0.495 e. The minimum absolute atomic E-state index is 0.317. The molecule has 3 rings (SSSR count). The van der Waals surface area contributed by atoms with E-state index in [-0.39, 0.29) is 0 Å².